The molecule has 176 valence electrons. The van der Waals surface area contributed by atoms with Crippen LogP contribution in [0.15, 0.2) is 47.4 Å². The van der Waals surface area contributed by atoms with Crippen LogP contribution in [0.2, 0.25) is 0 Å². The van der Waals surface area contributed by atoms with Crippen molar-refractivity contribution in [3.05, 3.63) is 53.9 Å². The quantitative estimate of drug-likeness (QED) is 0.427. The number of aryl methyl sites for hydroxylation is 1. The SMILES string of the molecule is Cc1nnc2nc(Nc3cccc(C#CC(C)(C)S(C)(=O)=O)c3)c3ccc(S(C)(=O)=O)cc3n12. The van der Waals surface area contributed by atoms with Crippen LogP contribution in [0.4, 0.5) is 11.5 Å². The lowest BCUT2D eigenvalue weighted by molar-refractivity contribution is 0.581. The Bertz CT molecular complexity index is 1730. The Balaban J connectivity index is 1.81. The molecule has 9 nitrogen and oxygen atoms in total. The van der Waals surface area contributed by atoms with E-state index in [4.69, 9.17) is 0 Å². The third-order valence-electron chi connectivity index (χ3n) is 5.47. The molecule has 0 amide bonds. The first-order chi connectivity index (χ1) is 15.8. The maximum absolute atomic E-state index is 12.1. The van der Waals surface area contributed by atoms with Crippen molar-refractivity contribution in [3.8, 4) is 11.8 Å². The molecule has 0 spiro atoms. The summed E-state index contributed by atoms with van der Waals surface area (Å²) in [6, 6.07) is 12.0. The van der Waals surface area contributed by atoms with E-state index in [0.717, 1.165) is 12.5 Å². The Morgan fingerprint density at radius 2 is 1.74 bits per heavy atom. The molecular weight excluding hydrogens is 474 g/mol. The Kier molecular flexibility index (Phi) is 5.62. The van der Waals surface area contributed by atoms with Gasteiger partial charge in [-0.2, -0.15) is 4.98 Å². The van der Waals surface area contributed by atoms with Gasteiger partial charge in [0.2, 0.25) is 0 Å². The highest BCUT2D eigenvalue weighted by molar-refractivity contribution is 7.92. The largest absolute Gasteiger partial charge is 0.340 e. The maximum Gasteiger partial charge on any atom is 0.257 e. The molecule has 0 unspecified atom stereocenters. The summed E-state index contributed by atoms with van der Waals surface area (Å²) in [6.07, 6.45) is 2.32. The molecule has 0 saturated carbocycles. The molecule has 0 aliphatic heterocycles. The third-order valence-corrected chi connectivity index (χ3v) is 8.54. The zero-order chi connectivity index (χ0) is 24.9. The number of rotatable bonds is 4. The second kappa shape index (κ2) is 8.07. The van der Waals surface area contributed by atoms with E-state index in [1.165, 1.54) is 6.07 Å². The Hall–Kier alpha value is -3.49. The van der Waals surface area contributed by atoms with Crippen LogP contribution in [-0.2, 0) is 19.7 Å². The molecule has 0 fully saturated rings. The molecule has 0 aliphatic rings. The predicted molar refractivity (Wildman–Crippen MR) is 132 cm³/mol. The zero-order valence-corrected chi connectivity index (χ0v) is 20.9. The summed E-state index contributed by atoms with van der Waals surface area (Å²) in [7, 11) is -6.76. The van der Waals surface area contributed by atoms with Crippen molar-refractivity contribution >= 4 is 47.9 Å². The second-order valence-electron chi connectivity index (χ2n) is 8.53. The van der Waals surface area contributed by atoms with Crippen LogP contribution in [0, 0.1) is 18.8 Å². The van der Waals surface area contributed by atoms with E-state index >= 15 is 0 Å². The van der Waals surface area contributed by atoms with E-state index in [2.05, 4.69) is 32.3 Å². The number of fused-ring (bicyclic) bond motifs is 3. The average Bonchev–Trinajstić information content (AvgIpc) is 3.11. The van der Waals surface area contributed by atoms with E-state index < -0.39 is 24.4 Å². The highest BCUT2D eigenvalue weighted by atomic mass is 32.2. The number of sulfone groups is 2. The normalized spacial score (nSPS) is 12.5. The number of nitrogens with one attached hydrogen (secondary N) is 1. The highest BCUT2D eigenvalue weighted by Gasteiger charge is 2.27. The molecule has 0 radical (unpaired) electrons. The van der Waals surface area contributed by atoms with E-state index in [-0.39, 0.29) is 4.90 Å². The summed E-state index contributed by atoms with van der Waals surface area (Å²) in [5, 5.41) is 12.1. The summed E-state index contributed by atoms with van der Waals surface area (Å²) < 4.78 is 48.6. The molecule has 2 aromatic heterocycles. The molecule has 0 atom stereocenters. The monoisotopic (exact) mass is 497 g/mol. The lowest BCUT2D eigenvalue weighted by atomic mass is 10.1. The first-order valence-corrected chi connectivity index (χ1v) is 14.0. The maximum atomic E-state index is 12.1. The Morgan fingerprint density at radius 1 is 1.00 bits per heavy atom. The van der Waals surface area contributed by atoms with Gasteiger partial charge in [-0.25, -0.2) is 16.8 Å². The van der Waals surface area contributed by atoms with E-state index in [0.29, 0.717) is 39.6 Å². The van der Waals surface area contributed by atoms with Gasteiger partial charge in [-0.3, -0.25) is 4.40 Å². The first kappa shape index (κ1) is 23.7. The van der Waals surface area contributed by atoms with E-state index in [1.807, 2.05) is 6.07 Å². The predicted octanol–water partition coefficient (Wildman–Crippen LogP) is 2.91. The lowest BCUT2D eigenvalue weighted by Crippen LogP contribution is -2.28. The molecule has 0 saturated heterocycles. The van der Waals surface area contributed by atoms with Crippen LogP contribution in [0.3, 0.4) is 0 Å². The average molecular weight is 498 g/mol. The summed E-state index contributed by atoms with van der Waals surface area (Å²) in [5.74, 6) is 7.12. The van der Waals surface area contributed by atoms with Crippen molar-refractivity contribution in [3.63, 3.8) is 0 Å². The molecular formula is C23H23N5O4S2. The van der Waals surface area contributed by atoms with Crippen LogP contribution < -0.4 is 5.32 Å². The number of aromatic nitrogens is 4. The smallest absolute Gasteiger partial charge is 0.257 e. The fourth-order valence-electron chi connectivity index (χ4n) is 3.22. The van der Waals surface area contributed by atoms with Crippen molar-refractivity contribution in [1.82, 2.24) is 19.6 Å². The molecule has 11 heteroatoms. The number of hydrogen-bond donors (Lipinski definition) is 1. The van der Waals surface area contributed by atoms with Crippen LogP contribution in [0.5, 0.6) is 0 Å². The minimum atomic E-state index is -3.42. The van der Waals surface area contributed by atoms with Gasteiger partial charge in [0.1, 0.15) is 16.4 Å². The van der Waals surface area contributed by atoms with Crippen molar-refractivity contribution in [2.75, 3.05) is 17.8 Å². The van der Waals surface area contributed by atoms with Crippen molar-refractivity contribution in [1.29, 1.82) is 0 Å². The number of nitrogens with zero attached hydrogens (tertiary/aromatic N) is 4. The summed E-state index contributed by atoms with van der Waals surface area (Å²) in [4.78, 5) is 4.75. The third kappa shape index (κ3) is 4.47. The molecule has 2 heterocycles. The molecule has 34 heavy (non-hydrogen) atoms. The fraction of sp³-hybridized carbons (Fsp3) is 0.261. The number of benzene rings is 2. The van der Waals surface area contributed by atoms with Gasteiger partial charge in [0.25, 0.3) is 5.78 Å². The van der Waals surface area contributed by atoms with Gasteiger partial charge in [0.05, 0.1) is 10.4 Å². The van der Waals surface area contributed by atoms with Crippen LogP contribution in [-0.4, -0.2) is 53.7 Å². The van der Waals surface area contributed by atoms with Gasteiger partial charge < -0.3 is 5.32 Å². The van der Waals surface area contributed by atoms with Gasteiger partial charge >= 0.3 is 0 Å². The second-order valence-corrected chi connectivity index (χ2v) is 13.1. The minimum absolute atomic E-state index is 0.178. The van der Waals surface area contributed by atoms with Gasteiger partial charge in [0, 0.05) is 29.1 Å². The van der Waals surface area contributed by atoms with Gasteiger partial charge in [0.15, 0.2) is 19.7 Å². The summed E-state index contributed by atoms with van der Waals surface area (Å²) >= 11 is 0. The number of hydrogen-bond acceptors (Lipinski definition) is 8. The molecule has 0 bridgehead atoms. The molecule has 4 aromatic rings. The van der Waals surface area contributed by atoms with Crippen molar-refractivity contribution in [2.45, 2.75) is 30.4 Å². The van der Waals surface area contributed by atoms with E-state index in [1.54, 1.807) is 55.5 Å². The Labute approximate surface area is 198 Å². The molecule has 2 aromatic carbocycles. The van der Waals surface area contributed by atoms with E-state index in [9.17, 15) is 16.8 Å². The Morgan fingerprint density at radius 3 is 2.41 bits per heavy atom. The van der Waals surface area contributed by atoms with Crippen molar-refractivity contribution < 1.29 is 16.8 Å². The minimum Gasteiger partial charge on any atom is -0.340 e. The standard InChI is InChI=1S/C23H23N5O4S2/c1-15-26-27-22-25-21(19-10-9-18(33(4,29)30)14-20(19)28(15)22)24-17-8-6-7-16(13-17)11-12-23(2,3)34(5,31)32/h6-10,13-14H,1-5H3,(H,24,25,27). The van der Waals surface area contributed by atoms with Crippen LogP contribution >= 0.6 is 0 Å². The summed E-state index contributed by atoms with van der Waals surface area (Å²) in [6.45, 7) is 4.89. The van der Waals surface area contributed by atoms with Gasteiger partial charge in [-0.05, 0) is 57.2 Å². The van der Waals surface area contributed by atoms with Crippen molar-refractivity contribution in [2.24, 2.45) is 0 Å². The molecule has 0 aliphatic carbocycles. The fourth-order valence-corrected chi connectivity index (χ4v) is 4.09. The zero-order valence-electron chi connectivity index (χ0n) is 19.3. The molecule has 1 N–H and O–H groups in total. The first-order valence-electron chi connectivity index (χ1n) is 10.2. The van der Waals surface area contributed by atoms with Gasteiger partial charge in [-0.15, -0.1) is 10.2 Å². The summed E-state index contributed by atoms with van der Waals surface area (Å²) in [5.41, 5.74) is 1.90. The van der Waals surface area contributed by atoms with Crippen LogP contribution in [0.1, 0.15) is 25.2 Å². The molecule has 4 rings (SSSR count). The van der Waals surface area contributed by atoms with Crippen LogP contribution in [0.25, 0.3) is 16.7 Å². The number of anilines is 2. The topological polar surface area (TPSA) is 123 Å². The highest BCUT2D eigenvalue weighted by Crippen LogP contribution is 2.28. The lowest BCUT2D eigenvalue weighted by Gasteiger charge is -2.14. The van der Waals surface area contributed by atoms with Gasteiger partial charge in [-0.1, -0.05) is 17.9 Å².